The highest BCUT2D eigenvalue weighted by Gasteiger charge is 2.21. The van der Waals surface area contributed by atoms with Crippen molar-refractivity contribution in [1.29, 1.82) is 0 Å². The third-order valence-corrected chi connectivity index (χ3v) is 6.17. The fourth-order valence-electron chi connectivity index (χ4n) is 3.32. The van der Waals surface area contributed by atoms with Crippen LogP contribution in [0.3, 0.4) is 0 Å². The Bertz CT molecular complexity index is 1250. The van der Waals surface area contributed by atoms with Crippen LogP contribution in [0.2, 0.25) is 5.02 Å². The molecule has 0 saturated heterocycles. The van der Waals surface area contributed by atoms with Gasteiger partial charge in [0.25, 0.3) is 0 Å². The van der Waals surface area contributed by atoms with Gasteiger partial charge in [-0.2, -0.15) is 0 Å². The van der Waals surface area contributed by atoms with E-state index in [-0.39, 0.29) is 11.7 Å². The number of carbonyl (C=O) groups excluding carboxylic acids is 1. The molecular formula is C24H23ClN4O3S. The van der Waals surface area contributed by atoms with E-state index in [0.717, 1.165) is 22.8 Å². The smallest absolute Gasteiger partial charge is 0.233 e. The lowest BCUT2D eigenvalue weighted by Gasteiger charge is -2.16. The summed E-state index contributed by atoms with van der Waals surface area (Å²) in [6, 6.07) is 18.8. The molecule has 0 bridgehead atoms. The van der Waals surface area contributed by atoms with Crippen LogP contribution in [-0.4, -0.2) is 45.5 Å². The van der Waals surface area contributed by atoms with Crippen molar-refractivity contribution in [3.05, 3.63) is 77.2 Å². The van der Waals surface area contributed by atoms with Crippen LogP contribution in [0.4, 0.5) is 0 Å². The van der Waals surface area contributed by atoms with E-state index in [4.69, 9.17) is 20.8 Å². The SMILES string of the molecule is COc1ccccc1-c1nnc(SCC(=O)N(C)Cc2ccc(C)o2)n1-c1ccc(Cl)cc1. The fourth-order valence-corrected chi connectivity index (χ4v) is 4.34. The number of aryl methyl sites for hydroxylation is 1. The molecule has 4 rings (SSSR count). The zero-order valence-corrected chi connectivity index (χ0v) is 20.1. The minimum Gasteiger partial charge on any atom is -0.496 e. The van der Waals surface area contributed by atoms with Crippen molar-refractivity contribution in [2.45, 2.75) is 18.6 Å². The molecule has 33 heavy (non-hydrogen) atoms. The number of nitrogens with zero attached hydrogens (tertiary/aromatic N) is 4. The number of thioether (sulfide) groups is 1. The molecule has 7 nitrogen and oxygen atoms in total. The lowest BCUT2D eigenvalue weighted by Crippen LogP contribution is -2.27. The minimum atomic E-state index is -0.0430. The van der Waals surface area contributed by atoms with E-state index in [1.807, 2.05) is 72.2 Å². The Hall–Kier alpha value is -3.23. The van der Waals surface area contributed by atoms with Crippen LogP contribution in [0.5, 0.6) is 5.75 Å². The number of methoxy groups -OCH3 is 1. The number of ether oxygens (including phenoxy) is 1. The molecule has 0 N–H and O–H groups in total. The van der Waals surface area contributed by atoms with Gasteiger partial charge in [0.15, 0.2) is 11.0 Å². The maximum absolute atomic E-state index is 12.8. The quantitative estimate of drug-likeness (QED) is 0.319. The molecule has 0 spiro atoms. The standard InChI is InChI=1S/C24H23ClN4O3S/c1-16-8-13-19(32-16)14-28(2)22(30)15-33-24-27-26-23(20-6-4-5-7-21(20)31-3)29(24)18-11-9-17(25)10-12-18/h4-13H,14-15H2,1-3H3. The second-order valence-corrected chi connectivity index (χ2v) is 8.75. The minimum absolute atomic E-state index is 0.0430. The van der Waals surface area contributed by atoms with Gasteiger partial charge in [-0.1, -0.05) is 35.5 Å². The normalized spacial score (nSPS) is 10.9. The largest absolute Gasteiger partial charge is 0.496 e. The molecule has 0 saturated carbocycles. The topological polar surface area (TPSA) is 73.4 Å². The van der Waals surface area contributed by atoms with Gasteiger partial charge in [-0.25, -0.2) is 0 Å². The number of carbonyl (C=O) groups is 1. The summed E-state index contributed by atoms with van der Waals surface area (Å²) in [4.78, 5) is 14.4. The molecule has 0 aliphatic heterocycles. The van der Waals surface area contributed by atoms with Gasteiger partial charge < -0.3 is 14.1 Å². The highest BCUT2D eigenvalue weighted by atomic mass is 35.5. The van der Waals surface area contributed by atoms with Gasteiger partial charge in [-0.15, -0.1) is 10.2 Å². The summed E-state index contributed by atoms with van der Waals surface area (Å²) < 4.78 is 13.0. The molecule has 170 valence electrons. The van der Waals surface area contributed by atoms with Gasteiger partial charge in [0.05, 0.1) is 25.0 Å². The van der Waals surface area contributed by atoms with E-state index in [9.17, 15) is 4.79 Å². The lowest BCUT2D eigenvalue weighted by atomic mass is 10.2. The third-order valence-electron chi connectivity index (χ3n) is 5.01. The molecule has 0 atom stereocenters. The van der Waals surface area contributed by atoms with Gasteiger partial charge in [0.2, 0.25) is 5.91 Å². The van der Waals surface area contributed by atoms with Crippen molar-refractivity contribution in [1.82, 2.24) is 19.7 Å². The van der Waals surface area contributed by atoms with Gasteiger partial charge in [0, 0.05) is 17.8 Å². The monoisotopic (exact) mass is 482 g/mol. The Balaban J connectivity index is 1.60. The Labute approximate surface area is 201 Å². The van der Waals surface area contributed by atoms with Crippen molar-refractivity contribution >= 4 is 29.3 Å². The second-order valence-electron chi connectivity index (χ2n) is 7.37. The van der Waals surface area contributed by atoms with Crippen LogP contribution in [0.15, 0.2) is 70.2 Å². The Morgan fingerprint density at radius 2 is 1.88 bits per heavy atom. The van der Waals surface area contributed by atoms with E-state index >= 15 is 0 Å². The average Bonchev–Trinajstić information content (AvgIpc) is 3.43. The van der Waals surface area contributed by atoms with Gasteiger partial charge >= 0.3 is 0 Å². The maximum atomic E-state index is 12.8. The van der Waals surface area contributed by atoms with Crippen molar-refractivity contribution < 1.29 is 13.9 Å². The number of benzene rings is 2. The molecule has 4 aromatic rings. The number of para-hydroxylation sites is 1. The van der Waals surface area contributed by atoms with Crippen LogP contribution < -0.4 is 4.74 Å². The van der Waals surface area contributed by atoms with Gasteiger partial charge in [-0.05, 0) is 55.5 Å². The predicted molar refractivity (Wildman–Crippen MR) is 129 cm³/mol. The van der Waals surface area contributed by atoms with Crippen LogP contribution >= 0.6 is 23.4 Å². The lowest BCUT2D eigenvalue weighted by molar-refractivity contribution is -0.127. The maximum Gasteiger partial charge on any atom is 0.233 e. The first-order valence-electron chi connectivity index (χ1n) is 10.2. The highest BCUT2D eigenvalue weighted by Crippen LogP contribution is 2.33. The number of halogens is 1. The van der Waals surface area contributed by atoms with Crippen molar-refractivity contribution in [2.75, 3.05) is 19.9 Å². The number of aromatic nitrogens is 3. The number of hydrogen-bond donors (Lipinski definition) is 0. The predicted octanol–water partition coefficient (Wildman–Crippen LogP) is 5.25. The van der Waals surface area contributed by atoms with Crippen LogP contribution in [0.1, 0.15) is 11.5 Å². The molecule has 0 aliphatic rings. The molecule has 2 aromatic heterocycles. The molecule has 2 heterocycles. The van der Waals surface area contributed by atoms with Gasteiger partial charge in [-0.3, -0.25) is 9.36 Å². The van der Waals surface area contributed by atoms with Crippen LogP contribution in [0, 0.1) is 6.92 Å². The van der Waals surface area contributed by atoms with Gasteiger partial charge in [0.1, 0.15) is 17.3 Å². The highest BCUT2D eigenvalue weighted by molar-refractivity contribution is 7.99. The summed E-state index contributed by atoms with van der Waals surface area (Å²) in [5, 5.41) is 10.0. The molecule has 0 radical (unpaired) electrons. The summed E-state index contributed by atoms with van der Waals surface area (Å²) >= 11 is 7.42. The molecule has 0 fully saturated rings. The zero-order valence-electron chi connectivity index (χ0n) is 18.5. The average molecular weight is 483 g/mol. The van der Waals surface area contributed by atoms with E-state index in [0.29, 0.717) is 28.3 Å². The van der Waals surface area contributed by atoms with E-state index < -0.39 is 0 Å². The molecule has 1 amide bonds. The van der Waals surface area contributed by atoms with Crippen molar-refractivity contribution in [3.63, 3.8) is 0 Å². The van der Waals surface area contributed by atoms with E-state index in [2.05, 4.69) is 10.2 Å². The number of hydrogen-bond acceptors (Lipinski definition) is 6. The van der Waals surface area contributed by atoms with Crippen molar-refractivity contribution in [2.24, 2.45) is 0 Å². The number of amides is 1. The summed E-state index contributed by atoms with van der Waals surface area (Å²) in [5.41, 5.74) is 1.63. The third kappa shape index (κ3) is 5.23. The van der Waals surface area contributed by atoms with Crippen LogP contribution in [0.25, 0.3) is 17.1 Å². The number of rotatable bonds is 8. The summed E-state index contributed by atoms with van der Waals surface area (Å²) in [6.07, 6.45) is 0. The van der Waals surface area contributed by atoms with Crippen molar-refractivity contribution in [3.8, 4) is 22.8 Å². The first-order chi connectivity index (χ1) is 16.0. The number of furan rings is 1. The summed E-state index contributed by atoms with van der Waals surface area (Å²) in [6.45, 7) is 2.29. The zero-order chi connectivity index (χ0) is 23.4. The molecule has 0 unspecified atom stereocenters. The first kappa shape index (κ1) is 22.9. The second kappa shape index (κ2) is 10.1. The van der Waals surface area contributed by atoms with E-state index in [1.165, 1.54) is 11.8 Å². The molecular weight excluding hydrogens is 460 g/mol. The van der Waals surface area contributed by atoms with E-state index in [1.54, 1.807) is 19.1 Å². The Morgan fingerprint density at radius 1 is 1.12 bits per heavy atom. The molecule has 0 aliphatic carbocycles. The molecule has 2 aromatic carbocycles. The molecule has 9 heteroatoms. The fraction of sp³-hybridized carbons (Fsp3) is 0.208. The Morgan fingerprint density at radius 3 is 2.58 bits per heavy atom. The summed E-state index contributed by atoms with van der Waals surface area (Å²) in [7, 11) is 3.37. The summed E-state index contributed by atoms with van der Waals surface area (Å²) in [5.74, 6) is 3.02. The Kier molecular flexibility index (Phi) is 7.05. The first-order valence-corrected chi connectivity index (χ1v) is 11.6. The van der Waals surface area contributed by atoms with Crippen LogP contribution in [-0.2, 0) is 11.3 Å².